The maximum absolute atomic E-state index is 11.1. The molecule has 0 unspecified atom stereocenters. The molecule has 0 radical (unpaired) electrons. The van der Waals surface area contributed by atoms with E-state index in [-0.39, 0.29) is 54.3 Å². The third-order valence-corrected chi connectivity index (χ3v) is 2.95. The Bertz CT molecular complexity index is 960. The molecular formula is C18H17Cl2FeN6O6S2Zn. The number of carbonyl (C=O) groups is 2. The van der Waals surface area contributed by atoms with Gasteiger partial charge in [0, 0.05) is 0 Å². The molecule has 0 aliphatic carbocycles. The van der Waals surface area contributed by atoms with Crippen molar-refractivity contribution in [3.05, 3.63) is 59.7 Å². The zero-order chi connectivity index (χ0) is 27.2. The average Bonchev–Trinajstić information content (AvgIpc) is 2.77. The molecule has 0 aromatic heterocycles. The Balaban J connectivity index is -0.000000448. The van der Waals surface area contributed by atoms with E-state index in [4.69, 9.17) is 51.5 Å². The maximum Gasteiger partial charge on any atom is 2.00 e. The summed E-state index contributed by atoms with van der Waals surface area (Å²) in [4.78, 5) is 18.0. The third kappa shape index (κ3) is 23.2. The van der Waals surface area contributed by atoms with Crippen molar-refractivity contribution in [2.45, 2.75) is 0 Å². The van der Waals surface area contributed by atoms with Crippen LogP contribution in [0.1, 0.15) is 11.1 Å². The van der Waals surface area contributed by atoms with Gasteiger partial charge in [-0.2, -0.15) is 10.2 Å². The molecule has 2 rings (SSSR count). The predicted octanol–water partition coefficient (Wildman–Crippen LogP) is -0.950. The number of carbonyl (C=O) groups excluding carboxylic acids is 1. The number of aliphatic carboxylic acids is 2. The first-order valence-corrected chi connectivity index (χ1v) is 12.3. The number of carboxylic acid groups (broad SMARTS) is 2. The van der Waals surface area contributed by atoms with Crippen molar-refractivity contribution in [2.24, 2.45) is 21.7 Å². The Kier molecular flexibility index (Phi) is 25.4. The number of hydrogen-bond donors (Lipinski definition) is 5. The minimum absolute atomic E-state index is 0. The van der Waals surface area contributed by atoms with Crippen molar-refractivity contribution in [3.63, 3.8) is 0 Å². The largest absolute Gasteiger partial charge is 2.00 e. The number of nitrogens with zero attached hydrogens (tertiary/aromatic N) is 2. The van der Waals surface area contributed by atoms with Crippen LogP contribution in [-0.4, -0.2) is 39.7 Å². The SMILES string of the molecule is NC(=S)N/N=C/c1ccccc1[O-].NC(=S)N/N=C/c1ccccc1[O-].O=C([O-])C(=O)O.[Cl][Fe+][Cl].[Zn+2]. The first kappa shape index (κ1) is 38.0. The number of rotatable bonds is 4. The molecule has 0 amide bonds. The van der Waals surface area contributed by atoms with Crippen molar-refractivity contribution < 1.29 is 62.6 Å². The fraction of sp³-hybridized carbons (Fsp3) is 0. The van der Waals surface area contributed by atoms with Gasteiger partial charge in [-0.05, 0) is 35.6 Å². The van der Waals surface area contributed by atoms with Gasteiger partial charge in [0.1, 0.15) is 0 Å². The smallest absolute Gasteiger partial charge is 2.00 e. The maximum atomic E-state index is 11.1. The van der Waals surface area contributed by atoms with Crippen LogP contribution in [0, 0.1) is 0 Å². The summed E-state index contributed by atoms with van der Waals surface area (Å²) in [5.74, 6) is -4.18. The number of benzene rings is 2. The van der Waals surface area contributed by atoms with Crippen molar-refractivity contribution in [2.75, 3.05) is 0 Å². The molecule has 0 spiro atoms. The van der Waals surface area contributed by atoms with E-state index in [9.17, 15) is 10.2 Å². The molecule has 0 aliphatic heterocycles. The van der Waals surface area contributed by atoms with Crippen LogP contribution >= 0.6 is 44.6 Å². The molecule has 2 aromatic rings. The number of carboxylic acids is 2. The van der Waals surface area contributed by atoms with E-state index in [1.807, 2.05) is 0 Å². The van der Waals surface area contributed by atoms with E-state index in [0.29, 0.717) is 11.1 Å². The van der Waals surface area contributed by atoms with Crippen LogP contribution in [0.4, 0.5) is 0 Å². The molecule has 0 heterocycles. The second-order valence-corrected chi connectivity index (χ2v) is 7.89. The van der Waals surface area contributed by atoms with Gasteiger partial charge in [-0.3, -0.25) is 10.9 Å². The van der Waals surface area contributed by atoms with Crippen LogP contribution in [0.15, 0.2) is 58.7 Å². The van der Waals surface area contributed by atoms with E-state index in [1.54, 1.807) is 36.4 Å². The summed E-state index contributed by atoms with van der Waals surface area (Å²) in [5.41, 5.74) is 16.0. The Hall–Kier alpha value is -2.58. The molecule has 12 nitrogen and oxygen atoms in total. The molecule has 7 N–H and O–H groups in total. The quantitative estimate of drug-likeness (QED) is 0.0874. The molecule has 0 saturated heterocycles. The standard InChI is InChI=1S/2C8H9N3OS.C2H2O4.2ClH.Fe.Zn/c2*9-8(13)11-10-5-6-3-1-2-4-7(6)12;3-1(4)2(5)6;;;;/h2*1-5,12H,(H3,9,11,13);(H,3,4)(H,5,6);2*1H;;/q;;;;;+3;+2/p-5/b2*10-5+;;;;;. The molecule has 0 saturated carbocycles. The molecule has 18 heteroatoms. The first-order valence-electron chi connectivity index (χ1n) is 8.44. The van der Waals surface area contributed by atoms with Crippen LogP contribution in [0.5, 0.6) is 11.5 Å². The second kappa shape index (κ2) is 24.1. The molecule has 191 valence electrons. The van der Waals surface area contributed by atoms with Gasteiger partial charge in [0.15, 0.2) is 16.2 Å². The van der Waals surface area contributed by atoms with Crippen molar-refractivity contribution in [1.82, 2.24) is 10.9 Å². The Morgan fingerprint density at radius 1 is 0.889 bits per heavy atom. The van der Waals surface area contributed by atoms with Crippen LogP contribution in [0.3, 0.4) is 0 Å². The molecule has 36 heavy (non-hydrogen) atoms. The second-order valence-electron chi connectivity index (χ2n) is 5.19. The van der Waals surface area contributed by atoms with Crippen LogP contribution in [-0.2, 0) is 42.2 Å². The summed E-state index contributed by atoms with van der Waals surface area (Å²) in [7, 11) is 9.53. The third-order valence-electron chi connectivity index (χ3n) is 2.77. The van der Waals surface area contributed by atoms with Crippen molar-refractivity contribution >= 4 is 79.2 Å². The molecule has 0 bridgehead atoms. The number of thiocarbonyl (C=S) groups is 2. The average molecular weight is 670 g/mol. The van der Waals surface area contributed by atoms with Gasteiger partial charge < -0.3 is 36.7 Å². The first-order chi connectivity index (χ1) is 16.5. The summed E-state index contributed by atoms with van der Waals surface area (Å²) >= 11 is 9.23. The summed E-state index contributed by atoms with van der Waals surface area (Å²) in [6, 6.07) is 13.1. The number of hydrogen-bond acceptors (Lipinski definition) is 9. The number of para-hydroxylation sites is 2. The number of nitrogens with two attached hydrogens (primary N) is 2. The Morgan fingerprint density at radius 3 is 1.39 bits per heavy atom. The summed E-state index contributed by atoms with van der Waals surface area (Å²) in [6.45, 7) is 0. The summed E-state index contributed by atoms with van der Waals surface area (Å²) < 4.78 is 0. The van der Waals surface area contributed by atoms with Crippen LogP contribution in [0.2, 0.25) is 0 Å². The monoisotopic (exact) mass is 667 g/mol. The molecule has 0 fully saturated rings. The molecule has 2 aromatic carbocycles. The summed E-state index contributed by atoms with van der Waals surface area (Å²) in [5, 5.41) is 46.0. The number of hydrazone groups is 2. The van der Waals surface area contributed by atoms with Gasteiger partial charge in [0.25, 0.3) is 0 Å². The van der Waals surface area contributed by atoms with Crippen molar-refractivity contribution in [1.29, 1.82) is 0 Å². The number of halogens is 2. The molecule has 0 aliphatic rings. The normalized spacial score (nSPS) is 9.06. The van der Waals surface area contributed by atoms with Gasteiger partial charge in [0.2, 0.25) is 0 Å². The van der Waals surface area contributed by atoms with Gasteiger partial charge in [-0.25, -0.2) is 4.79 Å². The van der Waals surface area contributed by atoms with E-state index in [2.05, 4.69) is 45.5 Å². The Morgan fingerprint density at radius 2 is 1.17 bits per heavy atom. The number of nitrogens with one attached hydrogen (secondary N) is 2. The zero-order valence-electron chi connectivity index (χ0n) is 17.9. The van der Waals surface area contributed by atoms with Crippen molar-refractivity contribution in [3.8, 4) is 11.5 Å². The van der Waals surface area contributed by atoms with Gasteiger partial charge in [0.05, 0.1) is 12.4 Å². The van der Waals surface area contributed by atoms with E-state index >= 15 is 0 Å². The zero-order valence-corrected chi connectivity index (χ0v) is 25.2. The molecular weight excluding hydrogens is 653 g/mol. The van der Waals surface area contributed by atoms with Crippen LogP contribution in [0.25, 0.3) is 0 Å². The molecule has 0 atom stereocenters. The van der Waals surface area contributed by atoms with Gasteiger partial charge in [-0.1, -0.05) is 60.0 Å². The predicted molar refractivity (Wildman–Crippen MR) is 131 cm³/mol. The van der Waals surface area contributed by atoms with E-state index in [1.165, 1.54) is 24.6 Å². The summed E-state index contributed by atoms with van der Waals surface area (Å²) in [6.07, 6.45) is 2.75. The Labute approximate surface area is 244 Å². The topological polar surface area (TPSA) is 224 Å². The van der Waals surface area contributed by atoms with E-state index in [0.717, 1.165) is 0 Å². The van der Waals surface area contributed by atoms with E-state index < -0.39 is 11.9 Å². The fourth-order valence-corrected chi connectivity index (χ4v) is 1.61. The van der Waals surface area contributed by atoms with Gasteiger partial charge >= 0.3 is 58.8 Å². The fourth-order valence-electron chi connectivity index (χ4n) is 1.51. The van der Waals surface area contributed by atoms with Gasteiger partial charge in [-0.15, -0.1) is 0 Å². The minimum Gasteiger partial charge on any atom is 2.00 e. The van der Waals surface area contributed by atoms with Crippen LogP contribution < -0.4 is 37.6 Å². The minimum atomic E-state index is -2.07.